The first-order chi connectivity index (χ1) is 9.30. The van der Waals surface area contributed by atoms with Crippen molar-refractivity contribution >= 4 is 13.2 Å². The Balaban J connectivity index is 0. The molecule has 0 heterocycles. The van der Waals surface area contributed by atoms with E-state index in [4.69, 9.17) is 15.7 Å². The Bertz CT molecular complexity index is 406. The Morgan fingerprint density at radius 2 is 2.05 bits per heavy atom. The summed E-state index contributed by atoms with van der Waals surface area (Å²) in [5.74, 6) is 7.21. The molecule has 5 heteroatoms. The van der Waals surface area contributed by atoms with Crippen LogP contribution in [0.25, 0.3) is 0 Å². The van der Waals surface area contributed by atoms with Crippen LogP contribution in [0.15, 0.2) is 0 Å². The molecule has 0 saturated carbocycles. The lowest BCUT2D eigenvalue weighted by molar-refractivity contribution is -0.120. The molecule has 0 aliphatic rings. The predicted molar refractivity (Wildman–Crippen MR) is 82.4 cm³/mol. The van der Waals surface area contributed by atoms with E-state index in [1.165, 1.54) is 6.66 Å². The average Bonchev–Trinajstić information content (AvgIpc) is 2.37. The van der Waals surface area contributed by atoms with Crippen LogP contribution in [-0.2, 0) is 18.6 Å². The maximum absolute atomic E-state index is 11.2. The fraction of sp³-hybridized carbons (Fsp3) is 0.600. The van der Waals surface area contributed by atoms with Crippen LogP contribution in [0.1, 0.15) is 26.7 Å². The van der Waals surface area contributed by atoms with Gasteiger partial charge >= 0.3 is 0 Å². The van der Waals surface area contributed by atoms with Crippen LogP contribution >= 0.6 is 7.37 Å². The minimum absolute atomic E-state index is 0.0301. The summed E-state index contributed by atoms with van der Waals surface area (Å²) in [6.45, 7) is 9.09. The monoisotopic (exact) mass is 299 g/mol. The number of hydrogen-bond acceptors (Lipinski definition) is 4. The Hall–Kier alpha value is -1.06. The number of ether oxygens (including phenoxy) is 1. The highest BCUT2D eigenvalue weighted by atomic mass is 31.2. The van der Waals surface area contributed by atoms with Crippen LogP contribution in [0.3, 0.4) is 0 Å². The van der Waals surface area contributed by atoms with Crippen molar-refractivity contribution in [1.29, 1.82) is 0 Å². The number of rotatable bonds is 8. The van der Waals surface area contributed by atoms with Crippen molar-refractivity contribution in [2.24, 2.45) is 5.92 Å². The SMILES string of the molecule is C#CC#CC.[CH2-][P@@](C)(=O)OC[C@H](COC)CC(=O)CC. The zero-order chi connectivity index (χ0) is 16.0. The lowest BCUT2D eigenvalue weighted by Crippen LogP contribution is -2.18. The number of methoxy groups -OCH3 is 1. The van der Waals surface area contributed by atoms with Crippen LogP contribution in [0.2, 0.25) is 0 Å². The molecule has 0 bridgehead atoms. The lowest BCUT2D eigenvalue weighted by atomic mass is 10.0. The fourth-order valence-electron chi connectivity index (χ4n) is 1.20. The molecule has 0 fully saturated rings. The summed E-state index contributed by atoms with van der Waals surface area (Å²) < 4.78 is 21.3. The van der Waals surface area contributed by atoms with Crippen molar-refractivity contribution in [2.45, 2.75) is 26.7 Å². The third-order valence-corrected chi connectivity index (χ3v) is 2.79. The van der Waals surface area contributed by atoms with E-state index in [2.05, 4.69) is 24.4 Å². The van der Waals surface area contributed by atoms with Crippen LogP contribution < -0.4 is 0 Å². The van der Waals surface area contributed by atoms with E-state index in [-0.39, 0.29) is 18.3 Å². The van der Waals surface area contributed by atoms with Gasteiger partial charge in [-0.3, -0.25) is 11.5 Å². The summed E-state index contributed by atoms with van der Waals surface area (Å²) in [5, 5.41) is 0. The number of carbonyl (C=O) groups excluding carboxylic acids is 1. The highest BCUT2D eigenvalue weighted by Crippen LogP contribution is 2.40. The Labute approximate surface area is 123 Å². The summed E-state index contributed by atoms with van der Waals surface area (Å²) in [7, 11) is -1.14. The minimum Gasteiger partial charge on any atom is -0.384 e. The molecule has 0 aliphatic heterocycles. The van der Waals surface area contributed by atoms with Crippen molar-refractivity contribution in [1.82, 2.24) is 0 Å². The Morgan fingerprint density at radius 3 is 2.35 bits per heavy atom. The maximum Gasteiger partial charge on any atom is 0.133 e. The normalized spacial score (nSPS) is 13.6. The third kappa shape index (κ3) is 16.9. The standard InChI is InChI=1S/C10H20O4P.C5H4/c1-5-10(11)6-9(7-13-2)8-14-15(3,4)12;1-3-5-4-2/h9H,3,5-8H2,1-2,4H3;1H,2H3/q-1;/t9-,15+;/m0./s1. The van der Waals surface area contributed by atoms with Gasteiger partial charge in [0.1, 0.15) is 5.78 Å². The molecule has 0 aliphatic carbocycles. The van der Waals surface area contributed by atoms with Gasteiger partial charge in [0.05, 0.1) is 20.6 Å². The van der Waals surface area contributed by atoms with Gasteiger partial charge in [-0.25, -0.2) is 0 Å². The number of Topliss-reactive ketones (excluding diaryl/α,β-unsaturated/α-hetero) is 1. The summed E-state index contributed by atoms with van der Waals surface area (Å²) >= 11 is 0. The van der Waals surface area contributed by atoms with E-state index in [9.17, 15) is 9.36 Å². The molecule has 0 aromatic heterocycles. The van der Waals surface area contributed by atoms with Crippen LogP contribution in [0.5, 0.6) is 0 Å². The number of ketones is 1. The molecule has 114 valence electrons. The molecule has 0 rings (SSSR count). The Kier molecular flexibility index (Phi) is 13.8. The smallest absolute Gasteiger partial charge is 0.133 e. The topological polar surface area (TPSA) is 52.6 Å². The second-order valence-corrected chi connectivity index (χ2v) is 6.53. The van der Waals surface area contributed by atoms with Gasteiger partial charge in [-0.2, -0.15) is 0 Å². The van der Waals surface area contributed by atoms with Gasteiger partial charge in [-0.05, 0) is 25.4 Å². The molecule has 0 saturated heterocycles. The first-order valence-electron chi connectivity index (χ1n) is 6.25. The van der Waals surface area contributed by atoms with Gasteiger partial charge in [0.15, 0.2) is 0 Å². The summed E-state index contributed by atoms with van der Waals surface area (Å²) in [6, 6.07) is 0. The van der Waals surface area contributed by atoms with E-state index < -0.39 is 7.37 Å². The molecule has 0 N–H and O–H groups in total. The van der Waals surface area contributed by atoms with E-state index in [0.29, 0.717) is 19.4 Å². The van der Waals surface area contributed by atoms with Crippen LogP contribution in [0, 0.1) is 36.8 Å². The minimum atomic E-state index is -2.71. The molecule has 0 aromatic carbocycles. The highest BCUT2D eigenvalue weighted by Gasteiger charge is 2.14. The lowest BCUT2D eigenvalue weighted by Gasteiger charge is -2.20. The molecular weight excluding hydrogens is 275 g/mol. The van der Waals surface area contributed by atoms with E-state index >= 15 is 0 Å². The Morgan fingerprint density at radius 1 is 1.45 bits per heavy atom. The fourth-order valence-corrected chi connectivity index (χ4v) is 1.73. The van der Waals surface area contributed by atoms with Crippen molar-refractivity contribution in [3.8, 4) is 24.2 Å². The van der Waals surface area contributed by atoms with Gasteiger partial charge in [0.2, 0.25) is 0 Å². The van der Waals surface area contributed by atoms with E-state index in [1.54, 1.807) is 14.0 Å². The average molecular weight is 299 g/mol. The van der Waals surface area contributed by atoms with Gasteiger partial charge < -0.3 is 13.8 Å². The van der Waals surface area contributed by atoms with Gasteiger partial charge in [0.25, 0.3) is 0 Å². The molecule has 2 atom stereocenters. The summed E-state index contributed by atoms with van der Waals surface area (Å²) in [4.78, 5) is 11.2. The summed E-state index contributed by atoms with van der Waals surface area (Å²) in [5.41, 5.74) is 0. The van der Waals surface area contributed by atoms with Gasteiger partial charge in [0, 0.05) is 25.9 Å². The quantitative estimate of drug-likeness (QED) is 0.393. The van der Waals surface area contributed by atoms with Gasteiger partial charge in [-0.15, -0.1) is 6.42 Å². The third-order valence-electron chi connectivity index (χ3n) is 2.09. The number of carbonyl (C=O) groups is 1. The number of terminal acetylenes is 1. The molecule has 0 unspecified atom stereocenters. The van der Waals surface area contributed by atoms with E-state index in [0.717, 1.165) is 0 Å². The zero-order valence-electron chi connectivity index (χ0n) is 12.8. The maximum atomic E-state index is 11.2. The van der Waals surface area contributed by atoms with Crippen LogP contribution in [-0.4, -0.2) is 32.8 Å². The first-order valence-corrected chi connectivity index (χ1v) is 8.50. The molecule has 0 spiro atoms. The molecule has 0 aromatic rings. The molecule has 20 heavy (non-hydrogen) atoms. The van der Waals surface area contributed by atoms with Crippen molar-refractivity contribution in [2.75, 3.05) is 27.0 Å². The second kappa shape index (κ2) is 12.9. The highest BCUT2D eigenvalue weighted by molar-refractivity contribution is 7.59. The predicted octanol–water partition coefficient (Wildman–Crippen LogP) is 2.98. The largest absolute Gasteiger partial charge is 0.384 e. The number of hydrogen-bond donors (Lipinski definition) is 0. The first kappa shape index (κ1) is 21.2. The van der Waals surface area contributed by atoms with E-state index in [1.807, 2.05) is 6.92 Å². The van der Waals surface area contributed by atoms with Crippen molar-refractivity contribution < 1.29 is 18.6 Å². The molecule has 0 radical (unpaired) electrons. The molecule has 4 nitrogen and oxygen atoms in total. The molecular formula is C15H24O4P-. The van der Waals surface area contributed by atoms with Crippen LogP contribution in [0.4, 0.5) is 0 Å². The van der Waals surface area contributed by atoms with Crippen molar-refractivity contribution in [3.05, 3.63) is 6.66 Å². The zero-order valence-corrected chi connectivity index (χ0v) is 13.7. The van der Waals surface area contributed by atoms with Crippen molar-refractivity contribution in [3.63, 3.8) is 0 Å². The van der Waals surface area contributed by atoms with Gasteiger partial charge in [-0.1, -0.05) is 12.8 Å². The summed E-state index contributed by atoms with van der Waals surface area (Å²) in [6.07, 6.45) is 5.63. The second-order valence-electron chi connectivity index (χ2n) is 4.25. The molecule has 0 amide bonds.